The fourth-order valence-corrected chi connectivity index (χ4v) is 2.26. The fraction of sp³-hybridized carbons (Fsp3) is 0.400. The van der Waals surface area contributed by atoms with E-state index in [1.807, 2.05) is 0 Å². The van der Waals surface area contributed by atoms with Crippen molar-refractivity contribution in [2.75, 3.05) is 0 Å². The van der Waals surface area contributed by atoms with Gasteiger partial charge in [-0.2, -0.15) is 15.4 Å². The highest BCUT2D eigenvalue weighted by Gasteiger charge is 2.17. The Morgan fingerprint density at radius 1 is 1.19 bits per heavy atom. The topological polar surface area (TPSA) is 67.3 Å². The number of rotatable bonds is 1. The van der Waals surface area contributed by atoms with E-state index in [0.717, 1.165) is 24.1 Å². The molecule has 0 saturated heterocycles. The van der Waals surface area contributed by atoms with E-state index in [4.69, 9.17) is 11.6 Å². The lowest BCUT2D eigenvalue weighted by Gasteiger charge is -2.15. The molecule has 0 aromatic carbocycles. The van der Waals surface area contributed by atoms with E-state index in [-0.39, 0.29) is 0 Å². The maximum absolute atomic E-state index is 6.15. The first-order valence-electron chi connectivity index (χ1n) is 5.26. The van der Waals surface area contributed by atoms with Crippen molar-refractivity contribution in [2.24, 2.45) is 0 Å². The summed E-state index contributed by atoms with van der Waals surface area (Å²) < 4.78 is 0. The lowest BCUT2D eigenvalue weighted by Crippen LogP contribution is -2.08. The number of hydrogen-bond acceptors (Lipinski definition) is 4. The van der Waals surface area contributed by atoms with Crippen LogP contribution in [0.15, 0.2) is 6.20 Å². The Kier molecular flexibility index (Phi) is 2.32. The molecule has 0 atom stereocenters. The van der Waals surface area contributed by atoms with Crippen LogP contribution >= 0.6 is 11.6 Å². The molecule has 82 valence electrons. The minimum Gasteiger partial charge on any atom is -0.231 e. The van der Waals surface area contributed by atoms with Crippen LogP contribution in [-0.4, -0.2) is 25.4 Å². The average Bonchev–Trinajstić information content (AvgIpc) is 2.82. The summed E-state index contributed by atoms with van der Waals surface area (Å²) in [4.78, 5) is 8.76. The van der Waals surface area contributed by atoms with E-state index in [0.29, 0.717) is 16.7 Å². The molecule has 2 aromatic heterocycles. The maximum atomic E-state index is 6.15. The van der Waals surface area contributed by atoms with Crippen molar-refractivity contribution >= 4 is 11.6 Å². The van der Waals surface area contributed by atoms with Crippen LogP contribution in [0.25, 0.3) is 11.5 Å². The normalized spacial score (nSPS) is 14.8. The molecule has 16 heavy (non-hydrogen) atoms. The molecule has 0 spiro atoms. The van der Waals surface area contributed by atoms with E-state index in [1.54, 1.807) is 6.20 Å². The Bertz CT molecular complexity index is 508. The second-order valence-electron chi connectivity index (χ2n) is 3.83. The van der Waals surface area contributed by atoms with E-state index in [2.05, 4.69) is 25.4 Å². The van der Waals surface area contributed by atoms with Gasteiger partial charge in [-0.15, -0.1) is 0 Å². The number of halogens is 1. The number of nitrogens with zero attached hydrogens (tertiary/aromatic N) is 4. The molecule has 5 nitrogen and oxygen atoms in total. The molecule has 0 bridgehead atoms. The van der Waals surface area contributed by atoms with Gasteiger partial charge < -0.3 is 0 Å². The summed E-state index contributed by atoms with van der Waals surface area (Å²) in [5, 5.41) is 10.8. The molecule has 0 aliphatic heterocycles. The third kappa shape index (κ3) is 1.57. The SMILES string of the molecule is Clc1nc(-c2cn[nH]n2)nc2c1CCCC2. The molecule has 6 heteroatoms. The summed E-state index contributed by atoms with van der Waals surface area (Å²) in [6.45, 7) is 0. The highest BCUT2D eigenvalue weighted by Crippen LogP contribution is 2.27. The van der Waals surface area contributed by atoms with Crippen molar-refractivity contribution in [1.82, 2.24) is 25.4 Å². The summed E-state index contributed by atoms with van der Waals surface area (Å²) in [6.07, 6.45) is 5.88. The van der Waals surface area contributed by atoms with Crippen LogP contribution < -0.4 is 0 Å². The summed E-state index contributed by atoms with van der Waals surface area (Å²) >= 11 is 6.15. The average molecular weight is 236 g/mol. The summed E-state index contributed by atoms with van der Waals surface area (Å²) in [7, 11) is 0. The highest BCUT2D eigenvalue weighted by molar-refractivity contribution is 6.30. The number of hydrogen-bond donors (Lipinski definition) is 1. The Morgan fingerprint density at radius 3 is 2.88 bits per heavy atom. The van der Waals surface area contributed by atoms with Crippen molar-refractivity contribution in [3.63, 3.8) is 0 Å². The second-order valence-corrected chi connectivity index (χ2v) is 4.18. The van der Waals surface area contributed by atoms with E-state index in [9.17, 15) is 0 Å². The van der Waals surface area contributed by atoms with Gasteiger partial charge in [0.15, 0.2) is 5.82 Å². The van der Waals surface area contributed by atoms with Gasteiger partial charge in [-0.3, -0.25) is 0 Å². The van der Waals surface area contributed by atoms with Gasteiger partial charge in [0.2, 0.25) is 0 Å². The van der Waals surface area contributed by atoms with Crippen LogP contribution in [0.3, 0.4) is 0 Å². The maximum Gasteiger partial charge on any atom is 0.183 e. The molecule has 2 aromatic rings. The first kappa shape index (κ1) is 9.72. The number of H-pyrrole nitrogens is 1. The predicted molar refractivity (Wildman–Crippen MR) is 59.1 cm³/mol. The molecule has 0 radical (unpaired) electrons. The molecule has 0 saturated carbocycles. The molecule has 2 heterocycles. The number of aryl methyl sites for hydroxylation is 1. The first-order valence-corrected chi connectivity index (χ1v) is 5.64. The number of aromatic amines is 1. The van der Waals surface area contributed by atoms with Crippen LogP contribution in [0.4, 0.5) is 0 Å². The number of fused-ring (bicyclic) bond motifs is 1. The molecule has 0 unspecified atom stereocenters. The van der Waals surface area contributed by atoms with E-state index in [1.165, 1.54) is 12.8 Å². The molecule has 0 fully saturated rings. The zero-order chi connectivity index (χ0) is 11.0. The van der Waals surface area contributed by atoms with E-state index >= 15 is 0 Å². The van der Waals surface area contributed by atoms with E-state index < -0.39 is 0 Å². The van der Waals surface area contributed by atoms with Crippen LogP contribution in [0.1, 0.15) is 24.1 Å². The van der Waals surface area contributed by atoms with Gasteiger partial charge >= 0.3 is 0 Å². The highest BCUT2D eigenvalue weighted by atomic mass is 35.5. The largest absolute Gasteiger partial charge is 0.231 e. The van der Waals surface area contributed by atoms with Crippen molar-refractivity contribution in [3.05, 3.63) is 22.6 Å². The van der Waals surface area contributed by atoms with Crippen molar-refractivity contribution in [1.29, 1.82) is 0 Å². The standard InChI is InChI=1S/C10H10ClN5/c11-9-6-3-1-2-4-7(6)13-10(14-9)8-5-12-16-15-8/h5H,1-4H2,(H,12,15,16). The van der Waals surface area contributed by atoms with Gasteiger partial charge in [-0.05, 0) is 25.7 Å². The summed E-state index contributed by atoms with van der Waals surface area (Å²) in [6, 6.07) is 0. The molecule has 1 aliphatic rings. The third-order valence-corrected chi connectivity index (χ3v) is 3.09. The van der Waals surface area contributed by atoms with Gasteiger partial charge in [-0.1, -0.05) is 11.6 Å². The van der Waals surface area contributed by atoms with Gasteiger partial charge in [0.25, 0.3) is 0 Å². The molecular weight excluding hydrogens is 226 g/mol. The Morgan fingerprint density at radius 2 is 2.06 bits per heavy atom. The zero-order valence-electron chi connectivity index (χ0n) is 8.57. The zero-order valence-corrected chi connectivity index (χ0v) is 9.33. The Balaban J connectivity index is 2.12. The number of nitrogens with one attached hydrogen (secondary N) is 1. The molecule has 3 rings (SSSR count). The van der Waals surface area contributed by atoms with Crippen LogP contribution in [-0.2, 0) is 12.8 Å². The smallest absolute Gasteiger partial charge is 0.183 e. The molecule has 1 N–H and O–H groups in total. The third-order valence-electron chi connectivity index (χ3n) is 2.78. The van der Waals surface area contributed by atoms with Crippen LogP contribution in [0.2, 0.25) is 5.15 Å². The quantitative estimate of drug-likeness (QED) is 0.766. The monoisotopic (exact) mass is 235 g/mol. The lowest BCUT2D eigenvalue weighted by molar-refractivity contribution is 0.663. The molecule has 1 aliphatic carbocycles. The fourth-order valence-electron chi connectivity index (χ4n) is 1.97. The van der Waals surface area contributed by atoms with Crippen LogP contribution in [0, 0.1) is 0 Å². The minimum atomic E-state index is 0.555. The second kappa shape index (κ2) is 3.83. The van der Waals surface area contributed by atoms with Crippen molar-refractivity contribution in [3.8, 4) is 11.5 Å². The Labute approximate surface area is 97.3 Å². The number of aromatic nitrogens is 5. The summed E-state index contributed by atoms with van der Waals surface area (Å²) in [5.41, 5.74) is 2.79. The lowest BCUT2D eigenvalue weighted by atomic mass is 9.97. The Hall–Kier alpha value is -1.49. The van der Waals surface area contributed by atoms with Crippen LogP contribution in [0.5, 0.6) is 0 Å². The van der Waals surface area contributed by atoms with Gasteiger partial charge in [-0.25, -0.2) is 9.97 Å². The minimum absolute atomic E-state index is 0.555. The van der Waals surface area contributed by atoms with Gasteiger partial charge in [0, 0.05) is 11.3 Å². The van der Waals surface area contributed by atoms with Gasteiger partial charge in [0.1, 0.15) is 10.8 Å². The molecular formula is C10H10ClN5. The van der Waals surface area contributed by atoms with Crippen molar-refractivity contribution < 1.29 is 0 Å². The summed E-state index contributed by atoms with van der Waals surface area (Å²) in [5.74, 6) is 0.555. The van der Waals surface area contributed by atoms with Crippen molar-refractivity contribution in [2.45, 2.75) is 25.7 Å². The first-order chi connectivity index (χ1) is 7.84. The van der Waals surface area contributed by atoms with Gasteiger partial charge in [0.05, 0.1) is 6.20 Å². The predicted octanol–water partition coefficient (Wildman–Crippen LogP) is 1.79. The molecule has 0 amide bonds.